The lowest BCUT2D eigenvalue weighted by Crippen LogP contribution is -2.53. The van der Waals surface area contributed by atoms with Crippen LogP contribution in [-0.4, -0.2) is 25.9 Å². The second-order valence-electron chi connectivity index (χ2n) is 4.95. The molecule has 1 saturated heterocycles. The van der Waals surface area contributed by atoms with Gasteiger partial charge in [-0.15, -0.1) is 0 Å². The predicted molar refractivity (Wildman–Crippen MR) is 72.5 cm³/mol. The van der Waals surface area contributed by atoms with E-state index in [0.717, 1.165) is 10.3 Å². The number of hydrogen-bond acceptors (Lipinski definition) is 6. The summed E-state index contributed by atoms with van der Waals surface area (Å²) in [7, 11) is -0.415. The Morgan fingerprint density at radius 3 is 2.83 bits per heavy atom. The van der Waals surface area contributed by atoms with E-state index in [4.69, 9.17) is 25.5 Å². The molecular formula is C11H19BN2O3S. The lowest BCUT2D eigenvalue weighted by molar-refractivity contribution is -0.0340. The smallest absolute Gasteiger partial charge is 0.404 e. The van der Waals surface area contributed by atoms with E-state index in [9.17, 15) is 0 Å². The van der Waals surface area contributed by atoms with E-state index in [1.54, 1.807) is 0 Å². The molecule has 0 atom stereocenters. The summed E-state index contributed by atoms with van der Waals surface area (Å²) in [6.45, 7) is 6.82. The van der Waals surface area contributed by atoms with Crippen molar-refractivity contribution in [2.75, 3.05) is 13.2 Å². The fourth-order valence-electron chi connectivity index (χ4n) is 1.91. The van der Waals surface area contributed by atoms with Gasteiger partial charge in [-0.05, 0) is 32.2 Å². The van der Waals surface area contributed by atoms with Gasteiger partial charge >= 0.3 is 7.12 Å². The molecule has 0 saturated carbocycles. The van der Waals surface area contributed by atoms with Crippen LogP contribution in [0.25, 0.3) is 0 Å². The van der Waals surface area contributed by atoms with E-state index in [1.807, 2.05) is 32.2 Å². The van der Waals surface area contributed by atoms with Gasteiger partial charge in [0.15, 0.2) is 5.85 Å². The van der Waals surface area contributed by atoms with E-state index < -0.39 is 13.0 Å². The molecule has 1 aromatic heterocycles. The van der Waals surface area contributed by atoms with Gasteiger partial charge < -0.3 is 14.0 Å². The molecule has 2 heterocycles. The molecule has 0 radical (unpaired) electrons. The van der Waals surface area contributed by atoms with Gasteiger partial charge in [-0.2, -0.15) is 11.3 Å². The molecule has 1 fully saturated rings. The average molecular weight is 270 g/mol. The van der Waals surface area contributed by atoms with E-state index >= 15 is 0 Å². The van der Waals surface area contributed by atoms with Gasteiger partial charge in [-0.25, -0.2) is 0 Å². The minimum Gasteiger partial charge on any atom is -0.404 e. The lowest BCUT2D eigenvalue weighted by Gasteiger charge is -2.25. The number of nitrogens with two attached hydrogens (primary N) is 2. The fourth-order valence-corrected chi connectivity index (χ4v) is 2.84. The highest BCUT2D eigenvalue weighted by molar-refractivity contribution is 7.21. The molecule has 1 aromatic rings. The molecule has 100 valence electrons. The van der Waals surface area contributed by atoms with Crippen LogP contribution in [0.3, 0.4) is 0 Å². The number of thiophene rings is 1. The first kappa shape index (κ1) is 14.0. The molecule has 4 N–H and O–H groups in total. The van der Waals surface area contributed by atoms with Crippen LogP contribution in [0.2, 0.25) is 0 Å². The summed E-state index contributed by atoms with van der Waals surface area (Å²) in [5.74, 6) is -1.30. The van der Waals surface area contributed by atoms with E-state index in [0.29, 0.717) is 13.2 Å². The average Bonchev–Trinajstić information content (AvgIpc) is 2.83. The molecule has 0 spiro atoms. The van der Waals surface area contributed by atoms with E-state index in [1.165, 1.54) is 11.3 Å². The Morgan fingerprint density at radius 2 is 2.28 bits per heavy atom. The van der Waals surface area contributed by atoms with Gasteiger partial charge in [-0.1, -0.05) is 0 Å². The van der Waals surface area contributed by atoms with Crippen LogP contribution < -0.4 is 16.2 Å². The van der Waals surface area contributed by atoms with Crippen molar-refractivity contribution in [1.82, 2.24) is 0 Å². The lowest BCUT2D eigenvalue weighted by atomic mass is 9.83. The first-order valence-electron chi connectivity index (χ1n) is 5.95. The molecule has 18 heavy (non-hydrogen) atoms. The van der Waals surface area contributed by atoms with Crippen molar-refractivity contribution >= 4 is 23.2 Å². The van der Waals surface area contributed by atoms with Gasteiger partial charge in [0.05, 0.1) is 12.2 Å². The zero-order valence-electron chi connectivity index (χ0n) is 10.9. The Hall–Kier alpha value is -0.435. The van der Waals surface area contributed by atoms with Crippen molar-refractivity contribution in [2.24, 2.45) is 11.5 Å². The van der Waals surface area contributed by atoms with E-state index in [2.05, 4.69) is 0 Å². The van der Waals surface area contributed by atoms with Gasteiger partial charge in [0.1, 0.15) is 0 Å². The summed E-state index contributed by atoms with van der Waals surface area (Å²) in [6, 6.07) is 1.85. The summed E-state index contributed by atoms with van der Waals surface area (Å²) in [4.78, 5) is 0. The van der Waals surface area contributed by atoms with Crippen molar-refractivity contribution in [1.29, 1.82) is 0 Å². The SMILES string of the molecule is CCOC(N)(N)c1ccsc1B1OCC(C)(C)O1. The van der Waals surface area contributed by atoms with Crippen LogP contribution in [0.5, 0.6) is 0 Å². The van der Waals surface area contributed by atoms with Gasteiger partial charge in [0.25, 0.3) is 0 Å². The van der Waals surface area contributed by atoms with Crippen LogP contribution in [-0.2, 0) is 19.9 Å². The highest BCUT2D eigenvalue weighted by atomic mass is 32.1. The number of ether oxygens (including phenoxy) is 1. The summed E-state index contributed by atoms with van der Waals surface area (Å²) in [5, 5.41) is 1.91. The maximum atomic E-state index is 5.98. The molecule has 1 aliphatic heterocycles. The molecule has 0 aliphatic carbocycles. The Morgan fingerprint density at radius 1 is 1.56 bits per heavy atom. The first-order valence-corrected chi connectivity index (χ1v) is 6.83. The quantitative estimate of drug-likeness (QED) is 0.609. The zero-order chi connectivity index (χ0) is 13.4. The highest BCUT2D eigenvalue weighted by Crippen LogP contribution is 2.24. The molecule has 0 bridgehead atoms. The van der Waals surface area contributed by atoms with Crippen molar-refractivity contribution in [3.05, 3.63) is 17.0 Å². The third kappa shape index (κ3) is 2.76. The highest BCUT2D eigenvalue weighted by Gasteiger charge is 2.42. The minimum absolute atomic E-state index is 0.288. The Kier molecular flexibility index (Phi) is 3.82. The van der Waals surface area contributed by atoms with E-state index in [-0.39, 0.29) is 5.60 Å². The van der Waals surface area contributed by atoms with Crippen LogP contribution >= 0.6 is 11.3 Å². The predicted octanol–water partition coefficient (Wildman–Crippen LogP) is 0.333. The van der Waals surface area contributed by atoms with Crippen molar-refractivity contribution in [3.63, 3.8) is 0 Å². The third-order valence-corrected chi connectivity index (χ3v) is 3.66. The maximum Gasteiger partial charge on any atom is 0.505 e. The molecular weight excluding hydrogens is 251 g/mol. The topological polar surface area (TPSA) is 79.7 Å². The van der Waals surface area contributed by atoms with Crippen molar-refractivity contribution in [2.45, 2.75) is 32.2 Å². The third-order valence-electron chi connectivity index (χ3n) is 2.72. The molecule has 0 unspecified atom stereocenters. The second-order valence-corrected chi connectivity index (χ2v) is 5.89. The molecule has 0 amide bonds. The largest absolute Gasteiger partial charge is 0.505 e. The standard InChI is InChI=1S/C11H19BN2O3S/c1-4-15-11(13,14)8-5-6-18-9(8)12-16-7-10(2,3)17-12/h5-6H,4,7,13-14H2,1-3H3. The van der Waals surface area contributed by atoms with Crippen LogP contribution in [0.4, 0.5) is 0 Å². The molecule has 2 rings (SSSR count). The minimum atomic E-state index is -1.30. The number of hydrogen-bond donors (Lipinski definition) is 2. The van der Waals surface area contributed by atoms with Gasteiger partial charge in [0, 0.05) is 16.9 Å². The Bertz CT molecular complexity index is 422. The van der Waals surface area contributed by atoms with Crippen molar-refractivity contribution in [3.8, 4) is 0 Å². The molecule has 0 aromatic carbocycles. The van der Waals surface area contributed by atoms with Gasteiger partial charge in [-0.3, -0.25) is 11.5 Å². The van der Waals surface area contributed by atoms with Crippen LogP contribution in [0.1, 0.15) is 26.3 Å². The Labute approximate surface area is 112 Å². The van der Waals surface area contributed by atoms with Crippen LogP contribution in [0, 0.1) is 0 Å². The van der Waals surface area contributed by atoms with Crippen LogP contribution in [0.15, 0.2) is 11.4 Å². The normalized spacial score (nSPS) is 19.5. The zero-order valence-corrected chi connectivity index (χ0v) is 11.8. The van der Waals surface area contributed by atoms with Gasteiger partial charge in [0.2, 0.25) is 0 Å². The summed E-state index contributed by atoms with van der Waals surface area (Å²) < 4.78 is 17.7. The number of rotatable bonds is 4. The monoisotopic (exact) mass is 270 g/mol. The summed E-state index contributed by atoms with van der Waals surface area (Å²) in [6.07, 6.45) is 0. The molecule has 1 aliphatic rings. The molecule has 7 heteroatoms. The Balaban J connectivity index is 2.23. The second kappa shape index (κ2) is 4.92. The molecule has 5 nitrogen and oxygen atoms in total. The fraction of sp³-hybridized carbons (Fsp3) is 0.636. The first-order chi connectivity index (χ1) is 8.36. The summed E-state index contributed by atoms with van der Waals surface area (Å²) in [5.41, 5.74) is 12.4. The maximum absolute atomic E-state index is 5.98. The summed E-state index contributed by atoms with van der Waals surface area (Å²) >= 11 is 1.51. The van der Waals surface area contributed by atoms with Crippen molar-refractivity contribution < 1.29 is 14.0 Å².